The smallest absolute Gasteiger partial charge is 0.372 e. The first-order valence-electron chi connectivity index (χ1n) is 6.77. The van der Waals surface area contributed by atoms with E-state index < -0.39 is 28.8 Å². The van der Waals surface area contributed by atoms with Crippen LogP contribution in [0.25, 0.3) is 0 Å². The van der Waals surface area contributed by atoms with E-state index in [1.54, 1.807) is 0 Å². The summed E-state index contributed by atoms with van der Waals surface area (Å²) in [4.78, 5) is 12.4. The lowest BCUT2D eigenvalue weighted by Gasteiger charge is -2.25. The van der Waals surface area contributed by atoms with Gasteiger partial charge in [-0.25, -0.2) is 0 Å². The molecule has 0 spiro atoms. The lowest BCUT2D eigenvalue weighted by molar-refractivity contribution is -0.141. The van der Waals surface area contributed by atoms with Crippen LogP contribution in [0.3, 0.4) is 0 Å². The van der Waals surface area contributed by atoms with Gasteiger partial charge >= 0.3 is 6.18 Å². The number of amides is 1. The highest BCUT2D eigenvalue weighted by molar-refractivity contribution is 6.35. The molecule has 0 saturated carbocycles. The Morgan fingerprint density at radius 3 is 2.42 bits per heavy atom. The predicted molar refractivity (Wildman–Crippen MR) is 84.3 cm³/mol. The average molecular weight is 376 g/mol. The highest BCUT2D eigenvalue weighted by atomic mass is 35.5. The monoisotopic (exact) mass is 375 g/mol. The molecule has 1 aliphatic rings. The van der Waals surface area contributed by atoms with Gasteiger partial charge in [-0.3, -0.25) is 4.79 Å². The van der Waals surface area contributed by atoms with Crippen LogP contribution in [-0.4, -0.2) is 11.0 Å². The second-order valence-electron chi connectivity index (χ2n) is 5.52. The summed E-state index contributed by atoms with van der Waals surface area (Å²) in [7, 11) is 0. The van der Waals surface area contributed by atoms with Crippen molar-refractivity contribution >= 4 is 34.8 Å². The topological polar surface area (TPSA) is 49.3 Å². The number of aliphatic hydroxyl groups is 1. The molecule has 3 nitrogen and oxygen atoms in total. The minimum Gasteiger partial charge on any atom is -0.372 e. The standard InChI is InChI=1S/C16H10Cl2F3NO2/c1-7-4-10(16(19,20)21)13-12(5-7)22-14(23)15(13,24)9-3-2-8(17)6-11(9)18/h2-6,24H,1H3,(H,22,23). The summed E-state index contributed by atoms with van der Waals surface area (Å²) in [6.07, 6.45) is -4.75. The SMILES string of the molecule is Cc1cc2c(c(C(F)(F)F)c1)C(O)(c1ccc(Cl)cc1Cl)C(=O)N2. The largest absolute Gasteiger partial charge is 0.416 e. The Labute approximate surface area is 145 Å². The number of hydrogen-bond donors (Lipinski definition) is 2. The van der Waals surface area contributed by atoms with E-state index in [1.807, 2.05) is 0 Å². The Morgan fingerprint density at radius 2 is 1.83 bits per heavy atom. The van der Waals surface area contributed by atoms with Crippen LogP contribution in [0.1, 0.15) is 22.3 Å². The molecule has 1 unspecified atom stereocenters. The molecule has 24 heavy (non-hydrogen) atoms. The van der Waals surface area contributed by atoms with Crippen molar-refractivity contribution in [3.8, 4) is 0 Å². The number of carbonyl (C=O) groups is 1. The molecule has 0 aliphatic carbocycles. The molecule has 0 saturated heterocycles. The van der Waals surface area contributed by atoms with Crippen LogP contribution in [-0.2, 0) is 16.6 Å². The zero-order valence-electron chi connectivity index (χ0n) is 12.1. The van der Waals surface area contributed by atoms with Crippen LogP contribution in [0.5, 0.6) is 0 Å². The van der Waals surface area contributed by atoms with E-state index in [0.717, 1.165) is 6.07 Å². The van der Waals surface area contributed by atoms with E-state index in [0.29, 0.717) is 5.56 Å². The van der Waals surface area contributed by atoms with E-state index in [1.165, 1.54) is 31.2 Å². The fourth-order valence-corrected chi connectivity index (χ4v) is 3.41. The molecule has 2 aromatic rings. The van der Waals surface area contributed by atoms with E-state index in [2.05, 4.69) is 5.32 Å². The number of hydrogen-bond acceptors (Lipinski definition) is 2. The normalized spacial score (nSPS) is 20.0. The van der Waals surface area contributed by atoms with Crippen molar-refractivity contribution in [2.45, 2.75) is 18.7 Å². The quantitative estimate of drug-likeness (QED) is 0.770. The van der Waals surface area contributed by atoms with Gasteiger partial charge in [-0.15, -0.1) is 0 Å². The lowest BCUT2D eigenvalue weighted by atomic mass is 9.84. The van der Waals surface area contributed by atoms with Crippen molar-refractivity contribution in [2.24, 2.45) is 0 Å². The van der Waals surface area contributed by atoms with Crippen LogP contribution in [0.15, 0.2) is 30.3 Å². The van der Waals surface area contributed by atoms with Crippen LogP contribution >= 0.6 is 23.2 Å². The van der Waals surface area contributed by atoms with Crippen molar-refractivity contribution in [1.82, 2.24) is 0 Å². The van der Waals surface area contributed by atoms with E-state index in [-0.39, 0.29) is 21.3 Å². The molecule has 0 radical (unpaired) electrons. The maximum absolute atomic E-state index is 13.5. The van der Waals surface area contributed by atoms with Crippen molar-refractivity contribution in [3.05, 3.63) is 62.6 Å². The first kappa shape index (κ1) is 17.1. The number of alkyl halides is 3. The highest BCUT2D eigenvalue weighted by Gasteiger charge is 2.53. The van der Waals surface area contributed by atoms with Crippen LogP contribution in [0.4, 0.5) is 18.9 Å². The fourth-order valence-electron chi connectivity index (χ4n) is 2.86. The van der Waals surface area contributed by atoms with Gasteiger partial charge < -0.3 is 10.4 Å². The van der Waals surface area contributed by atoms with Gasteiger partial charge in [0.1, 0.15) is 0 Å². The summed E-state index contributed by atoms with van der Waals surface area (Å²) in [6.45, 7) is 1.47. The van der Waals surface area contributed by atoms with Gasteiger partial charge in [-0.05, 0) is 36.8 Å². The number of nitrogens with one attached hydrogen (secondary N) is 1. The Hall–Kier alpha value is -1.76. The number of halogens is 5. The predicted octanol–water partition coefficient (Wildman–Crippen LogP) is 4.51. The molecule has 8 heteroatoms. The van der Waals surface area contributed by atoms with Crippen LogP contribution in [0, 0.1) is 6.92 Å². The molecule has 0 fully saturated rings. The number of benzene rings is 2. The Morgan fingerprint density at radius 1 is 1.17 bits per heavy atom. The molecule has 126 valence electrons. The van der Waals surface area contributed by atoms with Crippen molar-refractivity contribution in [2.75, 3.05) is 5.32 Å². The van der Waals surface area contributed by atoms with Crippen LogP contribution in [0.2, 0.25) is 10.0 Å². The van der Waals surface area contributed by atoms with Crippen molar-refractivity contribution < 1.29 is 23.1 Å². The van der Waals surface area contributed by atoms with E-state index >= 15 is 0 Å². The highest BCUT2D eigenvalue weighted by Crippen LogP contribution is 2.49. The van der Waals surface area contributed by atoms with Crippen molar-refractivity contribution in [1.29, 1.82) is 0 Å². The van der Waals surface area contributed by atoms with E-state index in [9.17, 15) is 23.1 Å². The Bertz CT molecular complexity index is 867. The van der Waals surface area contributed by atoms with Gasteiger partial charge in [0.15, 0.2) is 5.60 Å². The molecule has 3 rings (SSSR count). The van der Waals surface area contributed by atoms with Gasteiger partial charge in [0.05, 0.1) is 5.56 Å². The number of aryl methyl sites for hydroxylation is 1. The minimum atomic E-state index is -4.75. The molecule has 0 aromatic heterocycles. The third-order valence-electron chi connectivity index (χ3n) is 3.85. The third-order valence-corrected chi connectivity index (χ3v) is 4.40. The molecule has 2 aromatic carbocycles. The lowest BCUT2D eigenvalue weighted by Crippen LogP contribution is -2.37. The first-order chi connectivity index (χ1) is 11.0. The fraction of sp³-hybridized carbons (Fsp3) is 0.188. The van der Waals surface area contributed by atoms with Gasteiger partial charge in [0, 0.05) is 26.9 Å². The summed E-state index contributed by atoms with van der Waals surface area (Å²) in [5.41, 5.74) is -4.18. The number of anilines is 1. The van der Waals surface area contributed by atoms with Gasteiger partial charge in [-0.1, -0.05) is 29.3 Å². The zero-order valence-corrected chi connectivity index (χ0v) is 13.6. The summed E-state index contributed by atoms with van der Waals surface area (Å²) in [6, 6.07) is 6.08. The second-order valence-corrected chi connectivity index (χ2v) is 6.37. The Kier molecular flexibility index (Phi) is 3.82. The number of fused-ring (bicyclic) bond motifs is 1. The summed E-state index contributed by atoms with van der Waals surface area (Å²) >= 11 is 11.8. The van der Waals surface area contributed by atoms with E-state index in [4.69, 9.17) is 23.2 Å². The minimum absolute atomic E-state index is 0.0964. The molecule has 1 amide bonds. The summed E-state index contributed by atoms with van der Waals surface area (Å²) < 4.78 is 40.4. The summed E-state index contributed by atoms with van der Waals surface area (Å²) in [5, 5.41) is 13.4. The molecular formula is C16H10Cl2F3NO2. The molecule has 1 aliphatic heterocycles. The third kappa shape index (κ3) is 2.46. The van der Waals surface area contributed by atoms with Crippen LogP contribution < -0.4 is 5.32 Å². The summed E-state index contributed by atoms with van der Waals surface area (Å²) in [5.74, 6) is -1.00. The molecule has 1 heterocycles. The molecule has 0 bridgehead atoms. The molecular weight excluding hydrogens is 366 g/mol. The maximum Gasteiger partial charge on any atom is 0.416 e. The first-order valence-corrected chi connectivity index (χ1v) is 7.52. The Balaban J connectivity index is 2.36. The van der Waals surface area contributed by atoms with Gasteiger partial charge in [0.2, 0.25) is 0 Å². The average Bonchev–Trinajstić information content (AvgIpc) is 2.68. The van der Waals surface area contributed by atoms with Gasteiger partial charge in [-0.2, -0.15) is 13.2 Å². The number of carbonyl (C=O) groups excluding carboxylic acids is 1. The second kappa shape index (κ2) is 5.37. The molecule has 1 atom stereocenters. The zero-order chi connectivity index (χ0) is 17.9. The van der Waals surface area contributed by atoms with Gasteiger partial charge in [0.25, 0.3) is 5.91 Å². The van der Waals surface area contributed by atoms with Crippen molar-refractivity contribution in [3.63, 3.8) is 0 Å². The maximum atomic E-state index is 13.5. The number of rotatable bonds is 1. The molecule has 2 N–H and O–H groups in total.